The minimum Gasteiger partial charge on any atom is -0.508 e. The Labute approximate surface area is 302 Å². The average Bonchev–Trinajstić information content (AvgIpc) is 3.03. The van der Waals surface area contributed by atoms with Crippen LogP contribution in [-0.4, -0.2) is 63.7 Å². The maximum atomic E-state index is 14.8. The molecule has 0 radical (unpaired) electrons. The topological polar surface area (TPSA) is 134 Å². The van der Waals surface area contributed by atoms with Gasteiger partial charge in [0.05, 0.1) is 0 Å². The van der Waals surface area contributed by atoms with Crippen molar-refractivity contribution in [2.45, 2.75) is 117 Å². The number of unbranched alkanes of at least 4 members (excludes halogenated alkanes) is 1. The van der Waals surface area contributed by atoms with Crippen LogP contribution >= 0.6 is 0 Å². The van der Waals surface area contributed by atoms with Crippen molar-refractivity contribution in [3.8, 4) is 5.75 Å². The predicted octanol–water partition coefficient (Wildman–Crippen LogP) is 6.88. The normalized spacial score (nSPS) is 13.4. The molecular weight excluding hydrogens is 646 g/mol. The number of amides is 3. The van der Waals surface area contributed by atoms with Crippen LogP contribution in [0.1, 0.15) is 95.2 Å². The summed E-state index contributed by atoms with van der Waals surface area (Å²) >= 11 is 0. The number of rotatable bonds is 14. The molecule has 0 aliphatic carbocycles. The van der Waals surface area contributed by atoms with Crippen LogP contribution in [0.2, 0.25) is 0 Å². The molecule has 0 heterocycles. The van der Waals surface area contributed by atoms with Gasteiger partial charge in [-0.3, -0.25) is 9.59 Å². The van der Waals surface area contributed by atoms with E-state index in [0.717, 1.165) is 23.1 Å². The van der Waals surface area contributed by atoms with Gasteiger partial charge in [-0.1, -0.05) is 74.0 Å². The van der Waals surface area contributed by atoms with Crippen LogP contribution < -0.4 is 10.6 Å². The maximum absolute atomic E-state index is 14.8. The van der Waals surface area contributed by atoms with E-state index < -0.39 is 53.2 Å². The van der Waals surface area contributed by atoms with Crippen molar-refractivity contribution in [2.24, 2.45) is 0 Å². The fraction of sp³-hybridized carbons (Fsp3) is 0.463. The molecule has 0 spiro atoms. The van der Waals surface area contributed by atoms with E-state index in [1.54, 1.807) is 53.7 Å². The monoisotopic (exact) mass is 701 g/mol. The molecule has 10 heteroatoms. The lowest BCUT2D eigenvalue weighted by Gasteiger charge is -2.35. The van der Waals surface area contributed by atoms with Gasteiger partial charge in [0, 0.05) is 19.4 Å². The number of nitrogens with one attached hydrogen (secondary N) is 2. The highest BCUT2D eigenvalue weighted by molar-refractivity contribution is 5.94. The number of hydrogen-bond acceptors (Lipinski definition) is 7. The summed E-state index contributed by atoms with van der Waals surface area (Å²) in [6.07, 6.45) is 0.750. The first-order valence-electron chi connectivity index (χ1n) is 17.6. The molecule has 0 aromatic heterocycles. The second kappa shape index (κ2) is 17.9. The third-order valence-corrected chi connectivity index (χ3v) is 8.10. The van der Waals surface area contributed by atoms with Crippen LogP contribution in [0.4, 0.5) is 4.79 Å². The number of aryl methyl sites for hydroxylation is 2. The van der Waals surface area contributed by atoms with Crippen LogP contribution in [-0.2, 0) is 36.7 Å². The molecular formula is C41H55N3O7. The van der Waals surface area contributed by atoms with E-state index in [1.807, 2.05) is 69.3 Å². The summed E-state index contributed by atoms with van der Waals surface area (Å²) in [5, 5.41) is 15.6. The van der Waals surface area contributed by atoms with Crippen LogP contribution in [0.5, 0.6) is 5.75 Å². The summed E-state index contributed by atoms with van der Waals surface area (Å²) in [7, 11) is 0. The van der Waals surface area contributed by atoms with E-state index in [-0.39, 0.29) is 25.1 Å². The zero-order valence-electron chi connectivity index (χ0n) is 31.5. The lowest BCUT2D eigenvalue weighted by atomic mass is 9.96. The van der Waals surface area contributed by atoms with Gasteiger partial charge in [-0.25, -0.2) is 9.59 Å². The lowest BCUT2D eigenvalue weighted by Crippen LogP contribution is -2.55. The number of phenols is 1. The molecule has 10 nitrogen and oxygen atoms in total. The third kappa shape index (κ3) is 13.1. The first-order chi connectivity index (χ1) is 23.9. The maximum Gasteiger partial charge on any atom is 0.408 e. The molecule has 3 unspecified atom stereocenters. The average molecular weight is 702 g/mol. The highest BCUT2D eigenvalue weighted by atomic mass is 16.6. The molecule has 0 saturated carbocycles. The Bertz CT molecular complexity index is 1630. The van der Waals surface area contributed by atoms with Crippen LogP contribution in [0.15, 0.2) is 72.8 Å². The van der Waals surface area contributed by atoms with Crippen molar-refractivity contribution in [1.82, 2.24) is 15.5 Å². The van der Waals surface area contributed by atoms with E-state index in [2.05, 4.69) is 10.6 Å². The van der Waals surface area contributed by atoms with Gasteiger partial charge in [-0.15, -0.1) is 0 Å². The fourth-order valence-corrected chi connectivity index (χ4v) is 5.49. The summed E-state index contributed by atoms with van der Waals surface area (Å²) in [4.78, 5) is 57.8. The number of ether oxygens (including phenoxy) is 2. The first-order valence-corrected chi connectivity index (χ1v) is 17.6. The molecule has 51 heavy (non-hydrogen) atoms. The minimum atomic E-state index is -1.16. The number of alkyl carbamates (subject to hydrolysis) is 1. The Morgan fingerprint density at radius 2 is 1.33 bits per heavy atom. The summed E-state index contributed by atoms with van der Waals surface area (Å²) in [6.45, 7) is 16.6. The predicted molar refractivity (Wildman–Crippen MR) is 198 cm³/mol. The Kier molecular flexibility index (Phi) is 14.2. The Hall–Kier alpha value is -4.86. The molecule has 276 valence electrons. The van der Waals surface area contributed by atoms with Crippen molar-refractivity contribution in [3.05, 3.63) is 101 Å². The lowest BCUT2D eigenvalue weighted by molar-refractivity contribution is -0.159. The standard InChI is InChI=1S/C41H55N3O7/c1-10-11-23-44(37(47)33(43-39(49)51-41(7,8)9)25-30-18-21-32(45)22-19-30)35(31-20-17-27(2)28(3)24-31)36(46)42-34(38(48)50-40(4,5)6)26-29-15-13-12-14-16-29/h12-22,24,33-35,45H,10-11,23,25-26H2,1-9H3,(H,42,46)(H,43,49). The fourth-order valence-electron chi connectivity index (χ4n) is 5.49. The minimum absolute atomic E-state index is 0.0628. The number of esters is 1. The van der Waals surface area contributed by atoms with Crippen molar-refractivity contribution in [1.29, 1.82) is 0 Å². The van der Waals surface area contributed by atoms with Crippen molar-refractivity contribution < 1.29 is 33.8 Å². The van der Waals surface area contributed by atoms with Crippen LogP contribution in [0.25, 0.3) is 0 Å². The van der Waals surface area contributed by atoms with Crippen LogP contribution in [0.3, 0.4) is 0 Å². The Morgan fingerprint density at radius 3 is 1.90 bits per heavy atom. The quantitative estimate of drug-likeness (QED) is 0.156. The number of phenolic OH excluding ortho intramolecular Hbond substituents is 1. The van der Waals surface area contributed by atoms with E-state index >= 15 is 0 Å². The molecule has 3 atom stereocenters. The number of benzene rings is 3. The van der Waals surface area contributed by atoms with Gasteiger partial charge in [0.1, 0.15) is 35.1 Å². The van der Waals surface area contributed by atoms with E-state index in [0.29, 0.717) is 17.5 Å². The summed E-state index contributed by atoms with van der Waals surface area (Å²) in [5.41, 5.74) is 2.37. The van der Waals surface area contributed by atoms with Gasteiger partial charge in [-0.2, -0.15) is 0 Å². The van der Waals surface area contributed by atoms with Crippen molar-refractivity contribution >= 4 is 23.9 Å². The van der Waals surface area contributed by atoms with Gasteiger partial charge in [0.2, 0.25) is 11.8 Å². The molecule has 3 N–H and O–H groups in total. The molecule has 3 aromatic carbocycles. The van der Waals surface area contributed by atoms with Crippen LogP contribution in [0, 0.1) is 13.8 Å². The van der Waals surface area contributed by atoms with Gasteiger partial charge in [0.15, 0.2) is 0 Å². The highest BCUT2D eigenvalue weighted by Crippen LogP contribution is 2.27. The smallest absolute Gasteiger partial charge is 0.408 e. The molecule has 3 amide bonds. The third-order valence-electron chi connectivity index (χ3n) is 8.10. The first kappa shape index (κ1) is 40.6. The molecule has 0 aliphatic heterocycles. The SMILES string of the molecule is CCCCN(C(=O)C(Cc1ccc(O)cc1)NC(=O)OC(C)(C)C)C(C(=O)NC(Cc1ccccc1)C(=O)OC(C)(C)C)c1ccc(C)c(C)c1. The highest BCUT2D eigenvalue weighted by Gasteiger charge is 2.38. The van der Waals surface area contributed by atoms with Gasteiger partial charge >= 0.3 is 12.1 Å². The second-order valence-corrected chi connectivity index (χ2v) is 15.0. The second-order valence-electron chi connectivity index (χ2n) is 15.0. The van der Waals surface area contributed by atoms with Crippen molar-refractivity contribution in [2.75, 3.05) is 6.54 Å². The molecule has 3 rings (SSSR count). The van der Waals surface area contributed by atoms with E-state index in [1.165, 1.54) is 17.0 Å². The number of carbonyl (C=O) groups is 4. The molecule has 0 saturated heterocycles. The summed E-state index contributed by atoms with van der Waals surface area (Å²) < 4.78 is 11.3. The van der Waals surface area contributed by atoms with E-state index in [9.17, 15) is 24.3 Å². The number of aromatic hydroxyl groups is 1. The van der Waals surface area contributed by atoms with Crippen molar-refractivity contribution in [3.63, 3.8) is 0 Å². The molecule has 3 aromatic rings. The Morgan fingerprint density at radius 1 is 0.745 bits per heavy atom. The zero-order chi connectivity index (χ0) is 37.9. The van der Waals surface area contributed by atoms with E-state index in [4.69, 9.17) is 9.47 Å². The van der Waals surface area contributed by atoms with Gasteiger partial charge < -0.3 is 30.1 Å². The molecule has 0 aliphatic rings. The Balaban J connectivity index is 2.13. The summed E-state index contributed by atoms with van der Waals surface area (Å²) in [5.74, 6) is -1.60. The number of hydrogen-bond donors (Lipinski definition) is 3. The van der Waals surface area contributed by atoms with Gasteiger partial charge in [-0.05, 0) is 102 Å². The number of nitrogens with zero attached hydrogens (tertiary/aromatic N) is 1. The largest absolute Gasteiger partial charge is 0.508 e. The van der Waals surface area contributed by atoms with Gasteiger partial charge in [0.25, 0.3) is 0 Å². The molecule has 0 bridgehead atoms. The number of carbonyl (C=O) groups excluding carboxylic acids is 4. The summed E-state index contributed by atoms with van der Waals surface area (Å²) in [6, 6.07) is 17.9. The zero-order valence-corrected chi connectivity index (χ0v) is 31.5. The molecule has 0 fully saturated rings.